The summed E-state index contributed by atoms with van der Waals surface area (Å²) in [5, 5.41) is 0. The molecule has 0 aliphatic heterocycles. The van der Waals surface area contributed by atoms with Crippen molar-refractivity contribution < 1.29 is 0 Å². The second-order valence-electron chi connectivity index (χ2n) is 8.30. The second-order valence-corrected chi connectivity index (χ2v) is 8.30. The molecule has 2 unspecified atom stereocenters. The fourth-order valence-electron chi connectivity index (χ4n) is 4.90. The average Bonchev–Trinajstić information content (AvgIpc) is 2.56. The zero-order chi connectivity index (χ0) is 16.3. The molecule has 0 aromatic rings. The van der Waals surface area contributed by atoms with Crippen molar-refractivity contribution in [2.75, 3.05) is 0 Å². The van der Waals surface area contributed by atoms with Crippen LogP contribution in [0.25, 0.3) is 0 Å². The van der Waals surface area contributed by atoms with E-state index in [1.165, 1.54) is 83.5 Å². The zero-order valence-electron chi connectivity index (χ0n) is 16.3. The van der Waals surface area contributed by atoms with Crippen LogP contribution in [0.1, 0.15) is 124 Å². The minimum atomic E-state index is 0.723. The van der Waals surface area contributed by atoms with Crippen LogP contribution in [-0.4, -0.2) is 0 Å². The van der Waals surface area contributed by atoms with Gasteiger partial charge in [-0.15, -0.1) is 0 Å². The summed E-state index contributed by atoms with van der Waals surface area (Å²) in [6, 6.07) is 0. The Balaban J connectivity index is 2.66. The predicted molar refractivity (Wildman–Crippen MR) is 101 cm³/mol. The van der Waals surface area contributed by atoms with E-state index >= 15 is 0 Å². The Morgan fingerprint density at radius 3 is 1.50 bits per heavy atom. The van der Waals surface area contributed by atoms with Crippen molar-refractivity contribution in [3.05, 3.63) is 0 Å². The van der Waals surface area contributed by atoms with Crippen molar-refractivity contribution in [3.63, 3.8) is 0 Å². The summed E-state index contributed by atoms with van der Waals surface area (Å²) < 4.78 is 0. The summed E-state index contributed by atoms with van der Waals surface area (Å²) in [6.45, 7) is 9.57. The monoisotopic (exact) mass is 308 g/mol. The summed E-state index contributed by atoms with van der Waals surface area (Å²) in [7, 11) is 0. The molecule has 0 heterocycles. The van der Waals surface area contributed by atoms with Crippen molar-refractivity contribution >= 4 is 0 Å². The first-order valence-corrected chi connectivity index (χ1v) is 10.7. The highest BCUT2D eigenvalue weighted by Crippen LogP contribution is 2.48. The Morgan fingerprint density at radius 2 is 1.14 bits per heavy atom. The fraction of sp³-hybridized carbons (Fsp3) is 1.00. The van der Waals surface area contributed by atoms with Crippen LogP contribution in [0.15, 0.2) is 0 Å². The third kappa shape index (κ3) is 7.05. The molecular formula is C22H44. The molecule has 0 amide bonds. The lowest BCUT2D eigenvalue weighted by Crippen LogP contribution is -2.30. The highest BCUT2D eigenvalue weighted by molar-refractivity contribution is 4.87. The summed E-state index contributed by atoms with van der Waals surface area (Å²) in [4.78, 5) is 0. The fourth-order valence-corrected chi connectivity index (χ4v) is 4.90. The summed E-state index contributed by atoms with van der Waals surface area (Å²) in [6.07, 6.45) is 22.1. The maximum atomic E-state index is 2.44. The Morgan fingerprint density at radius 1 is 0.682 bits per heavy atom. The first-order chi connectivity index (χ1) is 10.7. The molecule has 22 heavy (non-hydrogen) atoms. The predicted octanol–water partition coefficient (Wildman–Crippen LogP) is 8.15. The van der Waals surface area contributed by atoms with Crippen LogP contribution in [0.5, 0.6) is 0 Å². The van der Waals surface area contributed by atoms with E-state index in [9.17, 15) is 0 Å². The largest absolute Gasteiger partial charge is 0.0654 e. The van der Waals surface area contributed by atoms with E-state index in [0.29, 0.717) is 0 Å². The molecule has 1 aliphatic rings. The van der Waals surface area contributed by atoms with Crippen LogP contribution < -0.4 is 0 Å². The minimum Gasteiger partial charge on any atom is -0.0654 e. The molecule has 2 atom stereocenters. The van der Waals surface area contributed by atoms with Gasteiger partial charge in [0.2, 0.25) is 0 Å². The standard InChI is InChI=1S/C22H44/c1-5-9-14-20(7-3)18-22(16-12-11-13-17-22)19-21(8-4)15-10-6-2/h20-21H,5-19H2,1-4H3. The van der Waals surface area contributed by atoms with Crippen LogP contribution in [0.4, 0.5) is 0 Å². The molecule has 1 aliphatic carbocycles. The van der Waals surface area contributed by atoms with Gasteiger partial charge >= 0.3 is 0 Å². The van der Waals surface area contributed by atoms with Crippen LogP contribution in [0.2, 0.25) is 0 Å². The van der Waals surface area contributed by atoms with Crippen molar-refractivity contribution in [2.45, 2.75) is 124 Å². The number of hydrogen-bond donors (Lipinski definition) is 0. The molecular weight excluding hydrogens is 264 g/mol. The normalized spacial score (nSPS) is 20.7. The SMILES string of the molecule is CCCCC(CC)CC1(CC(CC)CCCC)CCCCC1. The second kappa shape index (κ2) is 11.5. The molecule has 0 spiro atoms. The van der Waals surface area contributed by atoms with Gasteiger partial charge in [-0.3, -0.25) is 0 Å². The van der Waals surface area contributed by atoms with E-state index in [2.05, 4.69) is 27.7 Å². The molecule has 1 fully saturated rings. The third-order valence-corrected chi connectivity index (χ3v) is 6.44. The van der Waals surface area contributed by atoms with Gasteiger partial charge in [0.05, 0.1) is 0 Å². The van der Waals surface area contributed by atoms with E-state index in [0.717, 1.165) is 17.3 Å². The van der Waals surface area contributed by atoms with Crippen LogP contribution >= 0.6 is 0 Å². The first-order valence-electron chi connectivity index (χ1n) is 10.7. The van der Waals surface area contributed by atoms with Crippen LogP contribution in [-0.2, 0) is 0 Å². The smallest absolute Gasteiger partial charge is 0.0292 e. The molecule has 1 saturated carbocycles. The minimum absolute atomic E-state index is 0.723. The quantitative estimate of drug-likeness (QED) is 0.341. The molecule has 0 nitrogen and oxygen atoms in total. The molecule has 0 N–H and O–H groups in total. The Kier molecular flexibility index (Phi) is 10.5. The number of unbranched alkanes of at least 4 members (excludes halogenated alkanes) is 2. The van der Waals surface area contributed by atoms with E-state index < -0.39 is 0 Å². The molecule has 0 heteroatoms. The molecule has 0 bridgehead atoms. The maximum absolute atomic E-state index is 2.44. The van der Waals surface area contributed by atoms with Gasteiger partial charge in [-0.05, 0) is 42.9 Å². The van der Waals surface area contributed by atoms with E-state index in [1.807, 2.05) is 0 Å². The van der Waals surface area contributed by atoms with E-state index in [4.69, 9.17) is 0 Å². The Labute approximate surface area is 141 Å². The van der Waals surface area contributed by atoms with Crippen LogP contribution in [0, 0.1) is 17.3 Å². The zero-order valence-corrected chi connectivity index (χ0v) is 16.3. The molecule has 0 aromatic carbocycles. The van der Waals surface area contributed by atoms with Crippen molar-refractivity contribution in [3.8, 4) is 0 Å². The van der Waals surface area contributed by atoms with Crippen molar-refractivity contribution in [2.24, 2.45) is 17.3 Å². The summed E-state index contributed by atoms with van der Waals surface area (Å²) in [5.74, 6) is 2.00. The molecule has 132 valence electrons. The lowest BCUT2D eigenvalue weighted by atomic mass is 9.63. The Bertz CT molecular complexity index is 229. The van der Waals surface area contributed by atoms with Gasteiger partial charge in [0.1, 0.15) is 0 Å². The lowest BCUT2D eigenvalue weighted by molar-refractivity contribution is 0.0943. The van der Waals surface area contributed by atoms with Gasteiger partial charge in [0, 0.05) is 0 Å². The van der Waals surface area contributed by atoms with E-state index in [-0.39, 0.29) is 0 Å². The van der Waals surface area contributed by atoms with Gasteiger partial charge < -0.3 is 0 Å². The van der Waals surface area contributed by atoms with Gasteiger partial charge in [0.25, 0.3) is 0 Å². The molecule has 0 aromatic heterocycles. The number of rotatable bonds is 12. The van der Waals surface area contributed by atoms with Gasteiger partial charge in [-0.1, -0.05) is 98.3 Å². The highest BCUT2D eigenvalue weighted by Gasteiger charge is 2.35. The van der Waals surface area contributed by atoms with Crippen molar-refractivity contribution in [1.29, 1.82) is 0 Å². The molecule has 1 rings (SSSR count). The number of hydrogen-bond acceptors (Lipinski definition) is 0. The third-order valence-electron chi connectivity index (χ3n) is 6.44. The van der Waals surface area contributed by atoms with Crippen LogP contribution in [0.3, 0.4) is 0 Å². The van der Waals surface area contributed by atoms with Gasteiger partial charge in [0.15, 0.2) is 0 Å². The topological polar surface area (TPSA) is 0 Å². The highest BCUT2D eigenvalue weighted by atomic mass is 14.4. The maximum Gasteiger partial charge on any atom is -0.0292 e. The first kappa shape index (κ1) is 20.0. The molecule has 0 radical (unpaired) electrons. The van der Waals surface area contributed by atoms with Gasteiger partial charge in [-0.25, -0.2) is 0 Å². The van der Waals surface area contributed by atoms with Gasteiger partial charge in [-0.2, -0.15) is 0 Å². The van der Waals surface area contributed by atoms with E-state index in [1.54, 1.807) is 12.8 Å². The van der Waals surface area contributed by atoms with Crippen molar-refractivity contribution in [1.82, 2.24) is 0 Å². The summed E-state index contributed by atoms with van der Waals surface area (Å²) in [5.41, 5.74) is 0.723. The Hall–Kier alpha value is 0. The average molecular weight is 309 g/mol. The summed E-state index contributed by atoms with van der Waals surface area (Å²) >= 11 is 0. The molecule has 0 saturated heterocycles. The lowest BCUT2D eigenvalue weighted by Gasteiger charge is -2.42.